The molecule has 1 heterocycles. The van der Waals surface area contributed by atoms with Crippen molar-refractivity contribution >= 4 is 5.97 Å². The smallest absolute Gasteiger partial charge is 0.355 e. The number of aromatic nitrogens is 2. The third kappa shape index (κ3) is 1.74. The molecule has 13 heavy (non-hydrogen) atoms. The van der Waals surface area contributed by atoms with E-state index >= 15 is 0 Å². The second-order valence-electron chi connectivity index (χ2n) is 2.56. The molecule has 0 unspecified atom stereocenters. The van der Waals surface area contributed by atoms with E-state index < -0.39 is 5.97 Å². The van der Waals surface area contributed by atoms with E-state index in [4.69, 9.17) is 9.84 Å². The summed E-state index contributed by atoms with van der Waals surface area (Å²) in [7, 11) is 1.44. The zero-order valence-corrected chi connectivity index (χ0v) is 7.66. The Morgan fingerprint density at radius 3 is 2.46 bits per heavy atom. The highest BCUT2D eigenvalue weighted by atomic mass is 16.5. The van der Waals surface area contributed by atoms with Crippen molar-refractivity contribution in [2.24, 2.45) is 0 Å². The molecule has 0 bridgehead atoms. The molecule has 0 saturated heterocycles. The highest BCUT2D eigenvalue weighted by Crippen LogP contribution is 2.16. The number of ether oxygens (including phenoxy) is 1. The van der Waals surface area contributed by atoms with Crippen LogP contribution in [0.25, 0.3) is 0 Å². The van der Waals surface area contributed by atoms with Gasteiger partial charge in [0.2, 0.25) is 5.88 Å². The van der Waals surface area contributed by atoms with Gasteiger partial charge in [-0.25, -0.2) is 9.78 Å². The van der Waals surface area contributed by atoms with Crippen LogP contribution in [0.3, 0.4) is 0 Å². The van der Waals surface area contributed by atoms with E-state index in [9.17, 15) is 4.79 Å². The average Bonchev–Trinajstić information content (AvgIpc) is 2.08. The number of hydrogen-bond donors (Lipinski definition) is 1. The van der Waals surface area contributed by atoms with Crippen molar-refractivity contribution in [1.82, 2.24) is 9.97 Å². The summed E-state index contributed by atoms with van der Waals surface area (Å²) in [6.07, 6.45) is 0. The predicted octanol–water partition coefficient (Wildman–Crippen LogP) is 0.800. The Morgan fingerprint density at radius 2 is 2.00 bits per heavy atom. The van der Waals surface area contributed by atoms with Crippen molar-refractivity contribution in [2.75, 3.05) is 7.11 Å². The standard InChI is InChI=1S/C8H10N2O3/c1-4-6(8(11)12)9-5(2)10-7(4)13-3/h1-3H3,(H,11,12). The van der Waals surface area contributed by atoms with Gasteiger partial charge < -0.3 is 9.84 Å². The van der Waals surface area contributed by atoms with Gasteiger partial charge in [-0.3, -0.25) is 0 Å². The Labute approximate surface area is 75.4 Å². The SMILES string of the molecule is COc1nc(C)nc(C(=O)O)c1C. The lowest BCUT2D eigenvalue weighted by molar-refractivity contribution is 0.0688. The topological polar surface area (TPSA) is 72.3 Å². The fourth-order valence-electron chi connectivity index (χ4n) is 1.01. The minimum atomic E-state index is -1.07. The number of methoxy groups -OCH3 is 1. The van der Waals surface area contributed by atoms with Gasteiger partial charge in [0.15, 0.2) is 5.69 Å². The van der Waals surface area contributed by atoms with Crippen LogP contribution in [-0.4, -0.2) is 28.2 Å². The van der Waals surface area contributed by atoms with Gasteiger partial charge in [0.1, 0.15) is 5.82 Å². The first-order valence-corrected chi connectivity index (χ1v) is 3.68. The summed E-state index contributed by atoms with van der Waals surface area (Å²) in [5.41, 5.74) is 0.435. The van der Waals surface area contributed by atoms with Gasteiger partial charge in [-0.2, -0.15) is 4.98 Å². The number of hydrogen-bond acceptors (Lipinski definition) is 4. The Morgan fingerprint density at radius 1 is 1.38 bits per heavy atom. The van der Waals surface area contributed by atoms with Crippen LogP contribution >= 0.6 is 0 Å². The highest BCUT2D eigenvalue weighted by molar-refractivity contribution is 5.87. The minimum Gasteiger partial charge on any atom is -0.481 e. The van der Waals surface area contributed by atoms with Crippen molar-refractivity contribution in [3.05, 3.63) is 17.1 Å². The third-order valence-electron chi connectivity index (χ3n) is 1.61. The fourth-order valence-corrected chi connectivity index (χ4v) is 1.01. The Hall–Kier alpha value is -1.65. The second-order valence-corrected chi connectivity index (χ2v) is 2.56. The molecule has 0 aliphatic rings. The maximum Gasteiger partial charge on any atom is 0.355 e. The highest BCUT2D eigenvalue weighted by Gasteiger charge is 2.14. The second kappa shape index (κ2) is 3.38. The van der Waals surface area contributed by atoms with E-state index in [0.717, 1.165) is 0 Å². The molecular formula is C8H10N2O3. The van der Waals surface area contributed by atoms with Gasteiger partial charge >= 0.3 is 5.97 Å². The lowest BCUT2D eigenvalue weighted by Gasteiger charge is -2.06. The van der Waals surface area contributed by atoms with Crippen LogP contribution in [0.1, 0.15) is 21.9 Å². The van der Waals surface area contributed by atoms with Gasteiger partial charge in [0.05, 0.1) is 7.11 Å². The molecule has 0 saturated carbocycles. The molecule has 1 rings (SSSR count). The third-order valence-corrected chi connectivity index (χ3v) is 1.61. The first-order chi connectivity index (χ1) is 6.06. The van der Waals surface area contributed by atoms with Crippen LogP contribution in [0.4, 0.5) is 0 Å². The predicted molar refractivity (Wildman–Crippen MR) is 45.0 cm³/mol. The zero-order valence-electron chi connectivity index (χ0n) is 7.66. The fraction of sp³-hybridized carbons (Fsp3) is 0.375. The Bertz CT molecular complexity index is 349. The summed E-state index contributed by atoms with van der Waals surface area (Å²) >= 11 is 0. The molecule has 5 heteroatoms. The molecule has 5 nitrogen and oxygen atoms in total. The first kappa shape index (κ1) is 9.44. The number of rotatable bonds is 2. The summed E-state index contributed by atoms with van der Waals surface area (Å²) in [6, 6.07) is 0. The van der Waals surface area contributed by atoms with Crippen LogP contribution in [-0.2, 0) is 0 Å². The van der Waals surface area contributed by atoms with E-state index in [2.05, 4.69) is 9.97 Å². The van der Waals surface area contributed by atoms with Crippen molar-refractivity contribution in [1.29, 1.82) is 0 Å². The van der Waals surface area contributed by atoms with Crippen molar-refractivity contribution < 1.29 is 14.6 Å². The molecule has 0 spiro atoms. The largest absolute Gasteiger partial charge is 0.481 e. The summed E-state index contributed by atoms with van der Waals surface area (Å²) < 4.78 is 4.90. The molecule has 1 aromatic heterocycles. The summed E-state index contributed by atoms with van der Waals surface area (Å²) in [5.74, 6) is -0.369. The van der Waals surface area contributed by atoms with Crippen LogP contribution < -0.4 is 4.74 Å². The summed E-state index contributed by atoms with van der Waals surface area (Å²) in [4.78, 5) is 18.4. The molecule has 0 atom stereocenters. The number of carboxylic acid groups (broad SMARTS) is 1. The first-order valence-electron chi connectivity index (χ1n) is 3.68. The summed E-state index contributed by atoms with van der Waals surface area (Å²) in [5, 5.41) is 8.76. The number of aromatic carboxylic acids is 1. The average molecular weight is 182 g/mol. The number of aryl methyl sites for hydroxylation is 1. The van der Waals surface area contributed by atoms with Gasteiger partial charge in [-0.15, -0.1) is 0 Å². The minimum absolute atomic E-state index is 0.00986. The molecular weight excluding hydrogens is 172 g/mol. The van der Waals surface area contributed by atoms with Gasteiger partial charge in [0.25, 0.3) is 0 Å². The van der Waals surface area contributed by atoms with Crippen molar-refractivity contribution in [2.45, 2.75) is 13.8 Å². The lowest BCUT2D eigenvalue weighted by Crippen LogP contribution is -2.08. The number of carboxylic acids is 1. The Balaban J connectivity index is 3.35. The quantitative estimate of drug-likeness (QED) is 0.732. The maximum atomic E-state index is 10.7. The molecule has 1 N–H and O–H groups in total. The van der Waals surface area contributed by atoms with E-state index in [0.29, 0.717) is 17.3 Å². The van der Waals surface area contributed by atoms with Crippen LogP contribution in [0.5, 0.6) is 5.88 Å². The lowest BCUT2D eigenvalue weighted by atomic mass is 10.2. The van der Waals surface area contributed by atoms with E-state index in [1.165, 1.54) is 7.11 Å². The van der Waals surface area contributed by atoms with E-state index in [1.54, 1.807) is 13.8 Å². The zero-order chi connectivity index (χ0) is 10.0. The molecule has 1 aromatic rings. The van der Waals surface area contributed by atoms with Crippen LogP contribution in [0.2, 0.25) is 0 Å². The molecule has 0 aliphatic heterocycles. The Kier molecular flexibility index (Phi) is 2.46. The van der Waals surface area contributed by atoms with E-state index in [1.807, 2.05) is 0 Å². The molecule has 0 radical (unpaired) electrons. The molecule has 0 aromatic carbocycles. The molecule has 0 fully saturated rings. The monoisotopic (exact) mass is 182 g/mol. The van der Waals surface area contributed by atoms with Gasteiger partial charge in [0, 0.05) is 5.56 Å². The number of carbonyl (C=O) groups is 1. The summed E-state index contributed by atoms with van der Waals surface area (Å²) in [6.45, 7) is 3.23. The molecule has 0 amide bonds. The van der Waals surface area contributed by atoms with E-state index in [-0.39, 0.29) is 5.69 Å². The number of nitrogens with zero attached hydrogens (tertiary/aromatic N) is 2. The van der Waals surface area contributed by atoms with Gasteiger partial charge in [-0.1, -0.05) is 0 Å². The van der Waals surface area contributed by atoms with Gasteiger partial charge in [-0.05, 0) is 13.8 Å². The maximum absolute atomic E-state index is 10.7. The van der Waals surface area contributed by atoms with Crippen molar-refractivity contribution in [3.63, 3.8) is 0 Å². The molecule has 0 aliphatic carbocycles. The van der Waals surface area contributed by atoms with Crippen molar-refractivity contribution in [3.8, 4) is 5.88 Å². The van der Waals surface area contributed by atoms with Crippen LogP contribution in [0, 0.1) is 13.8 Å². The normalized spacial score (nSPS) is 9.77. The molecule has 70 valence electrons. The van der Waals surface area contributed by atoms with Crippen LogP contribution in [0.15, 0.2) is 0 Å².